The van der Waals surface area contributed by atoms with Gasteiger partial charge in [0.2, 0.25) is 0 Å². The fourth-order valence-corrected chi connectivity index (χ4v) is 2.87. The molecule has 0 radical (unpaired) electrons. The largest absolute Gasteiger partial charge is 0.416 e. The molecule has 2 aromatic rings. The smallest absolute Gasteiger partial charge is 0.316 e. The third-order valence-electron chi connectivity index (χ3n) is 3.98. The molecule has 1 fully saturated rings. The van der Waals surface area contributed by atoms with Crippen LogP contribution in [0.5, 0.6) is 0 Å². The normalized spacial score (nSPS) is 18.9. The van der Waals surface area contributed by atoms with Gasteiger partial charge >= 0.3 is 6.18 Å². The molecule has 1 nitrogen and oxygen atoms in total. The molecule has 1 N–H and O–H groups in total. The van der Waals surface area contributed by atoms with Crippen LogP contribution in [0.4, 0.5) is 13.2 Å². The lowest BCUT2D eigenvalue weighted by Gasteiger charge is -2.15. The van der Waals surface area contributed by atoms with Gasteiger partial charge in [0, 0.05) is 6.54 Å². The first-order valence-electron chi connectivity index (χ1n) is 7.03. The molecule has 0 aliphatic carbocycles. The number of nitrogens with one attached hydrogen (secondary N) is 1. The summed E-state index contributed by atoms with van der Waals surface area (Å²) in [6.45, 7) is 1.92. The summed E-state index contributed by atoms with van der Waals surface area (Å²) >= 11 is 0. The first kappa shape index (κ1) is 14.1. The predicted molar refractivity (Wildman–Crippen MR) is 77.1 cm³/mol. The minimum absolute atomic E-state index is 0.434. The highest BCUT2D eigenvalue weighted by Crippen LogP contribution is 2.34. The molecule has 2 aromatic carbocycles. The number of hydrogen-bond acceptors (Lipinski definition) is 1. The topological polar surface area (TPSA) is 12.0 Å². The summed E-state index contributed by atoms with van der Waals surface area (Å²) in [6.07, 6.45) is -3.22. The van der Waals surface area contributed by atoms with Crippen LogP contribution < -0.4 is 5.32 Å². The van der Waals surface area contributed by atoms with E-state index in [9.17, 15) is 13.2 Å². The zero-order chi connectivity index (χ0) is 14.9. The third kappa shape index (κ3) is 2.95. The van der Waals surface area contributed by atoms with Crippen molar-refractivity contribution in [2.24, 2.45) is 0 Å². The summed E-state index contributed by atoms with van der Waals surface area (Å²) < 4.78 is 37.9. The number of halogens is 3. The minimum atomic E-state index is -4.28. The van der Waals surface area contributed by atoms with E-state index in [0.717, 1.165) is 42.8 Å². The summed E-state index contributed by atoms with van der Waals surface area (Å²) in [5.74, 6) is 0.434. The van der Waals surface area contributed by atoms with Crippen molar-refractivity contribution in [3.05, 3.63) is 59.7 Å². The van der Waals surface area contributed by atoms with Crippen LogP contribution in [0.1, 0.15) is 23.5 Å². The van der Waals surface area contributed by atoms with E-state index in [0.29, 0.717) is 5.92 Å². The van der Waals surface area contributed by atoms with Crippen LogP contribution in [0.3, 0.4) is 0 Å². The molecular formula is C17H16F3N. The molecule has 0 bridgehead atoms. The second kappa shape index (κ2) is 5.53. The van der Waals surface area contributed by atoms with Crippen LogP contribution in [0.15, 0.2) is 48.5 Å². The van der Waals surface area contributed by atoms with E-state index in [1.165, 1.54) is 5.56 Å². The molecule has 21 heavy (non-hydrogen) atoms. The number of benzene rings is 2. The monoisotopic (exact) mass is 291 g/mol. The molecule has 0 aromatic heterocycles. The Balaban J connectivity index is 1.97. The van der Waals surface area contributed by atoms with Gasteiger partial charge in [-0.05, 0) is 47.7 Å². The van der Waals surface area contributed by atoms with E-state index < -0.39 is 11.7 Å². The van der Waals surface area contributed by atoms with Crippen molar-refractivity contribution in [3.63, 3.8) is 0 Å². The fourth-order valence-electron chi connectivity index (χ4n) is 2.87. The van der Waals surface area contributed by atoms with E-state index in [4.69, 9.17) is 0 Å². The van der Waals surface area contributed by atoms with Crippen LogP contribution in [0.25, 0.3) is 11.1 Å². The highest BCUT2D eigenvalue weighted by molar-refractivity contribution is 5.68. The molecule has 1 saturated heterocycles. The second-order valence-electron chi connectivity index (χ2n) is 5.35. The Bertz CT molecular complexity index is 611. The highest BCUT2D eigenvalue weighted by atomic mass is 19.4. The molecule has 0 spiro atoms. The number of hydrogen-bond donors (Lipinski definition) is 1. The SMILES string of the molecule is FC(F)(F)c1ccc(-c2ccccc2C2CCNC2)cc1. The summed E-state index contributed by atoms with van der Waals surface area (Å²) in [5.41, 5.74) is 2.47. The number of alkyl halides is 3. The maximum absolute atomic E-state index is 12.6. The Morgan fingerprint density at radius 2 is 1.67 bits per heavy atom. The Morgan fingerprint density at radius 1 is 0.952 bits per heavy atom. The Hall–Kier alpha value is -1.81. The Kier molecular flexibility index (Phi) is 3.72. The predicted octanol–water partition coefficient (Wildman–Crippen LogP) is 4.45. The van der Waals surface area contributed by atoms with Crippen LogP contribution >= 0.6 is 0 Å². The third-order valence-corrected chi connectivity index (χ3v) is 3.98. The van der Waals surface area contributed by atoms with Gasteiger partial charge in [-0.3, -0.25) is 0 Å². The average molecular weight is 291 g/mol. The summed E-state index contributed by atoms with van der Waals surface area (Å²) in [7, 11) is 0. The minimum Gasteiger partial charge on any atom is -0.316 e. The van der Waals surface area contributed by atoms with E-state index in [-0.39, 0.29) is 0 Å². The standard InChI is InChI=1S/C17H16F3N/c18-17(19,20)14-7-5-12(6-8-14)15-3-1-2-4-16(15)13-9-10-21-11-13/h1-8,13,21H,9-11H2. The molecule has 1 aliphatic rings. The summed E-state index contributed by atoms with van der Waals surface area (Å²) in [4.78, 5) is 0. The van der Waals surface area contributed by atoms with Crippen molar-refractivity contribution in [2.45, 2.75) is 18.5 Å². The zero-order valence-corrected chi connectivity index (χ0v) is 11.5. The molecule has 0 saturated carbocycles. The first-order chi connectivity index (χ1) is 10.1. The molecule has 0 amide bonds. The van der Waals surface area contributed by atoms with E-state index >= 15 is 0 Å². The lowest BCUT2D eigenvalue weighted by molar-refractivity contribution is -0.137. The van der Waals surface area contributed by atoms with Gasteiger partial charge in [0.1, 0.15) is 0 Å². The Morgan fingerprint density at radius 3 is 2.29 bits per heavy atom. The van der Waals surface area contributed by atoms with E-state index in [1.807, 2.05) is 18.2 Å². The van der Waals surface area contributed by atoms with Crippen molar-refractivity contribution in [3.8, 4) is 11.1 Å². The molecule has 3 rings (SSSR count). The maximum Gasteiger partial charge on any atom is 0.416 e. The maximum atomic E-state index is 12.6. The van der Waals surface area contributed by atoms with Gasteiger partial charge in [0.15, 0.2) is 0 Å². The van der Waals surface area contributed by atoms with Crippen molar-refractivity contribution < 1.29 is 13.2 Å². The zero-order valence-electron chi connectivity index (χ0n) is 11.5. The van der Waals surface area contributed by atoms with Crippen molar-refractivity contribution in [2.75, 3.05) is 13.1 Å². The van der Waals surface area contributed by atoms with Crippen molar-refractivity contribution >= 4 is 0 Å². The quantitative estimate of drug-likeness (QED) is 0.862. The van der Waals surface area contributed by atoms with Crippen LogP contribution in [-0.4, -0.2) is 13.1 Å². The Labute approximate surface area is 121 Å². The lowest BCUT2D eigenvalue weighted by Crippen LogP contribution is -2.08. The van der Waals surface area contributed by atoms with Gasteiger partial charge in [0.05, 0.1) is 5.56 Å². The molecular weight excluding hydrogens is 275 g/mol. The van der Waals surface area contributed by atoms with Gasteiger partial charge < -0.3 is 5.32 Å². The van der Waals surface area contributed by atoms with Gasteiger partial charge in [-0.25, -0.2) is 0 Å². The highest BCUT2D eigenvalue weighted by Gasteiger charge is 2.30. The second-order valence-corrected chi connectivity index (χ2v) is 5.35. The fraction of sp³-hybridized carbons (Fsp3) is 0.294. The lowest BCUT2D eigenvalue weighted by atomic mass is 9.90. The van der Waals surface area contributed by atoms with Gasteiger partial charge in [-0.15, -0.1) is 0 Å². The van der Waals surface area contributed by atoms with E-state index in [1.54, 1.807) is 12.1 Å². The molecule has 4 heteroatoms. The average Bonchev–Trinajstić information content (AvgIpc) is 3.01. The first-order valence-corrected chi connectivity index (χ1v) is 7.03. The molecule has 110 valence electrons. The van der Waals surface area contributed by atoms with Crippen molar-refractivity contribution in [1.82, 2.24) is 5.32 Å². The molecule has 1 heterocycles. The number of rotatable bonds is 2. The summed E-state index contributed by atoms with van der Waals surface area (Å²) in [5, 5.41) is 3.33. The van der Waals surface area contributed by atoms with E-state index in [2.05, 4.69) is 11.4 Å². The van der Waals surface area contributed by atoms with Crippen LogP contribution in [-0.2, 0) is 6.18 Å². The van der Waals surface area contributed by atoms with Gasteiger partial charge in [0.25, 0.3) is 0 Å². The van der Waals surface area contributed by atoms with Crippen molar-refractivity contribution in [1.29, 1.82) is 0 Å². The van der Waals surface area contributed by atoms with Crippen LogP contribution in [0.2, 0.25) is 0 Å². The molecule has 1 aliphatic heterocycles. The molecule has 1 unspecified atom stereocenters. The van der Waals surface area contributed by atoms with Gasteiger partial charge in [-0.2, -0.15) is 13.2 Å². The summed E-state index contributed by atoms with van der Waals surface area (Å²) in [6, 6.07) is 13.4. The van der Waals surface area contributed by atoms with Gasteiger partial charge in [-0.1, -0.05) is 36.4 Å². The molecule has 1 atom stereocenters. The van der Waals surface area contributed by atoms with Crippen LogP contribution in [0, 0.1) is 0 Å².